The molecule has 6 N–H and O–H groups in total. The Morgan fingerprint density at radius 1 is 1.20 bits per heavy atom. The number of carboxylic acids is 1. The number of rotatable bonds is 1. The van der Waals surface area contributed by atoms with Gasteiger partial charge in [-0.3, -0.25) is 4.79 Å². The van der Waals surface area contributed by atoms with Crippen LogP contribution >= 0.6 is 0 Å². The molecule has 5 nitrogen and oxygen atoms in total. The predicted octanol–water partition coefficient (Wildman–Crippen LogP) is 0.387. The van der Waals surface area contributed by atoms with E-state index in [9.17, 15) is 0 Å². The summed E-state index contributed by atoms with van der Waals surface area (Å²) in [4.78, 5) is 9.00. The molecule has 5 heteroatoms. The van der Waals surface area contributed by atoms with Crippen LogP contribution < -0.4 is 11.5 Å². The molecule has 0 atom stereocenters. The molecule has 15 heavy (non-hydrogen) atoms. The highest BCUT2D eigenvalue weighted by Crippen LogP contribution is 2.02. The fraction of sp³-hybridized carbons (Fsp3) is 0.300. The Labute approximate surface area is 89.3 Å². The third-order valence-corrected chi connectivity index (χ3v) is 0.923. The summed E-state index contributed by atoms with van der Waals surface area (Å²) in [6.07, 6.45) is 0. The van der Waals surface area contributed by atoms with Crippen molar-refractivity contribution in [3.63, 3.8) is 0 Å². The van der Waals surface area contributed by atoms with Crippen LogP contribution in [0.2, 0.25) is 0 Å². The van der Waals surface area contributed by atoms with Gasteiger partial charge in [0.2, 0.25) is 0 Å². The first-order valence-corrected chi connectivity index (χ1v) is 4.38. The zero-order valence-electron chi connectivity index (χ0n) is 8.76. The van der Waals surface area contributed by atoms with Gasteiger partial charge in [-0.2, -0.15) is 0 Å². The largest absolute Gasteiger partial charge is 0.508 e. The lowest BCUT2D eigenvalue weighted by Crippen LogP contribution is -2.11. The highest BCUT2D eigenvalue weighted by molar-refractivity contribution is 5.62. The normalized spacial score (nSPS) is 7.67. The molecule has 0 radical (unpaired) electrons. The molecule has 1 aromatic rings. The van der Waals surface area contributed by atoms with Gasteiger partial charge in [-0.15, -0.1) is 0 Å². The first kappa shape index (κ1) is 15.9. The van der Waals surface area contributed by atoms with Crippen molar-refractivity contribution in [2.24, 2.45) is 11.5 Å². The lowest BCUT2D eigenvalue weighted by Gasteiger charge is -1.82. The second kappa shape index (κ2) is 12.4. The number of hydrogen-bond acceptors (Lipinski definition) is 4. The topological polar surface area (TPSA) is 110 Å². The van der Waals surface area contributed by atoms with Gasteiger partial charge in [0.25, 0.3) is 5.97 Å². The minimum Gasteiger partial charge on any atom is -0.508 e. The van der Waals surface area contributed by atoms with Crippen molar-refractivity contribution in [3.8, 4) is 5.75 Å². The summed E-state index contributed by atoms with van der Waals surface area (Å²) in [5.41, 5.74) is 9.81. The molecule has 0 aliphatic heterocycles. The van der Waals surface area contributed by atoms with E-state index in [1.54, 1.807) is 24.3 Å². The van der Waals surface area contributed by atoms with Crippen LogP contribution in [-0.2, 0) is 4.79 Å². The van der Waals surface area contributed by atoms with Gasteiger partial charge in [0.05, 0.1) is 0 Å². The average molecular weight is 214 g/mol. The Hall–Kier alpha value is -1.59. The van der Waals surface area contributed by atoms with Crippen LogP contribution in [-0.4, -0.2) is 29.3 Å². The first-order chi connectivity index (χ1) is 7.04. The van der Waals surface area contributed by atoms with E-state index in [-0.39, 0.29) is 0 Å². The third-order valence-electron chi connectivity index (χ3n) is 0.923. The highest BCUT2D eigenvalue weighted by Gasteiger charge is 1.74. The van der Waals surface area contributed by atoms with Gasteiger partial charge in [0.1, 0.15) is 5.75 Å². The van der Waals surface area contributed by atoms with Crippen molar-refractivity contribution in [1.82, 2.24) is 0 Å². The van der Waals surface area contributed by atoms with Gasteiger partial charge in [-0.25, -0.2) is 0 Å². The predicted molar refractivity (Wildman–Crippen MR) is 59.5 cm³/mol. The fourth-order valence-corrected chi connectivity index (χ4v) is 0.428. The van der Waals surface area contributed by atoms with E-state index in [0.717, 1.165) is 6.92 Å². The summed E-state index contributed by atoms with van der Waals surface area (Å²) in [5.74, 6) is -0.512. The van der Waals surface area contributed by atoms with E-state index in [4.69, 9.17) is 26.5 Å². The molecule has 0 heterocycles. The summed E-state index contributed by atoms with van der Waals surface area (Å²) in [5, 5.41) is 16.0. The van der Waals surface area contributed by atoms with Crippen LogP contribution in [0.3, 0.4) is 0 Å². The minimum absolute atomic E-state index is 0.322. The van der Waals surface area contributed by atoms with Crippen molar-refractivity contribution in [2.45, 2.75) is 6.92 Å². The molecule has 86 valence electrons. The van der Waals surface area contributed by atoms with Gasteiger partial charge in [-0.1, -0.05) is 18.2 Å². The summed E-state index contributed by atoms with van der Waals surface area (Å²) in [7, 11) is 0. The molecule has 1 rings (SSSR count). The maximum atomic E-state index is 9.00. The van der Waals surface area contributed by atoms with E-state index in [2.05, 4.69) is 0 Å². The van der Waals surface area contributed by atoms with E-state index >= 15 is 0 Å². The lowest BCUT2D eigenvalue weighted by atomic mass is 10.3. The Balaban J connectivity index is 0. The van der Waals surface area contributed by atoms with Crippen molar-refractivity contribution in [3.05, 3.63) is 30.3 Å². The number of aromatic hydroxyl groups is 1. The number of hydrogen-bond donors (Lipinski definition) is 4. The number of nitrogens with two attached hydrogens (primary N) is 2. The number of phenolic OH excluding ortho intramolecular Hbond substituents is 1. The van der Waals surface area contributed by atoms with Crippen molar-refractivity contribution in [2.75, 3.05) is 13.1 Å². The zero-order chi connectivity index (χ0) is 12.1. The molecular formula is C10H18N2O3. The smallest absolute Gasteiger partial charge is 0.300 e. The number of carboxylic acid groups (broad SMARTS) is 1. The molecule has 0 fully saturated rings. The fourth-order valence-electron chi connectivity index (χ4n) is 0.428. The van der Waals surface area contributed by atoms with Crippen LogP contribution in [0.4, 0.5) is 0 Å². The molecule has 1 aromatic carbocycles. The monoisotopic (exact) mass is 214 g/mol. The molecule has 0 unspecified atom stereocenters. The van der Waals surface area contributed by atoms with Crippen LogP contribution in [0.1, 0.15) is 6.92 Å². The molecule has 0 spiro atoms. The number of para-hydroxylation sites is 1. The average Bonchev–Trinajstić information content (AvgIpc) is 2.18. The minimum atomic E-state index is -0.833. The maximum absolute atomic E-state index is 9.00. The van der Waals surface area contributed by atoms with Crippen molar-refractivity contribution < 1.29 is 15.0 Å². The van der Waals surface area contributed by atoms with E-state index in [1.165, 1.54) is 0 Å². The molecule has 0 aliphatic carbocycles. The molecule has 0 saturated heterocycles. The lowest BCUT2D eigenvalue weighted by molar-refractivity contribution is -0.134. The van der Waals surface area contributed by atoms with Gasteiger partial charge in [-0.05, 0) is 12.1 Å². The van der Waals surface area contributed by atoms with Gasteiger partial charge < -0.3 is 21.7 Å². The van der Waals surface area contributed by atoms with E-state index in [0.29, 0.717) is 18.8 Å². The SMILES string of the molecule is CC(=O)O.NCCN.Oc1ccccc1. The second-order valence-electron chi connectivity index (χ2n) is 2.43. The Bertz CT molecular complexity index is 234. The summed E-state index contributed by atoms with van der Waals surface area (Å²) in [6.45, 7) is 2.28. The van der Waals surface area contributed by atoms with Crippen LogP contribution in [0.25, 0.3) is 0 Å². The van der Waals surface area contributed by atoms with E-state index < -0.39 is 5.97 Å². The third kappa shape index (κ3) is 24.5. The van der Waals surface area contributed by atoms with Crippen molar-refractivity contribution >= 4 is 5.97 Å². The Kier molecular flexibility index (Phi) is 13.1. The highest BCUT2D eigenvalue weighted by atomic mass is 16.4. The summed E-state index contributed by atoms with van der Waals surface area (Å²) >= 11 is 0. The summed E-state index contributed by atoms with van der Waals surface area (Å²) < 4.78 is 0. The van der Waals surface area contributed by atoms with Crippen LogP contribution in [0.15, 0.2) is 30.3 Å². The molecule has 0 amide bonds. The Morgan fingerprint density at radius 2 is 1.53 bits per heavy atom. The molecular weight excluding hydrogens is 196 g/mol. The number of phenols is 1. The first-order valence-electron chi connectivity index (χ1n) is 4.38. The number of benzene rings is 1. The molecule has 0 saturated carbocycles. The molecule has 0 aromatic heterocycles. The van der Waals surface area contributed by atoms with Gasteiger partial charge >= 0.3 is 0 Å². The Morgan fingerprint density at radius 3 is 1.67 bits per heavy atom. The molecule has 0 aliphatic rings. The second-order valence-corrected chi connectivity index (χ2v) is 2.43. The quantitative estimate of drug-likeness (QED) is 0.540. The van der Waals surface area contributed by atoms with Crippen LogP contribution in [0, 0.1) is 0 Å². The number of aliphatic carboxylic acids is 1. The van der Waals surface area contributed by atoms with Crippen LogP contribution in [0.5, 0.6) is 5.75 Å². The standard InChI is InChI=1S/C6H6O.C2H8N2.C2H4O2/c7-6-4-2-1-3-5-6;3-1-2-4;1-2(3)4/h1-5,7H;1-4H2;1H3,(H,3,4). The number of carbonyl (C=O) groups is 1. The summed E-state index contributed by atoms with van der Waals surface area (Å²) in [6, 6.07) is 8.71. The van der Waals surface area contributed by atoms with E-state index in [1.807, 2.05) is 6.07 Å². The zero-order valence-corrected chi connectivity index (χ0v) is 8.76. The van der Waals surface area contributed by atoms with Gasteiger partial charge in [0.15, 0.2) is 0 Å². The van der Waals surface area contributed by atoms with Crippen molar-refractivity contribution in [1.29, 1.82) is 0 Å². The molecule has 0 bridgehead atoms. The maximum Gasteiger partial charge on any atom is 0.300 e. The van der Waals surface area contributed by atoms with Gasteiger partial charge in [0, 0.05) is 20.0 Å².